The minimum Gasteiger partial charge on any atom is -0.490 e. The average molecular weight is 281 g/mol. The lowest BCUT2D eigenvalue weighted by Gasteiger charge is -2.23. The molecule has 0 radical (unpaired) electrons. The van der Waals surface area contributed by atoms with Gasteiger partial charge in [0.05, 0.1) is 6.61 Å². The van der Waals surface area contributed by atoms with Crippen LogP contribution in [0.2, 0.25) is 0 Å². The van der Waals surface area contributed by atoms with Crippen LogP contribution in [0.15, 0.2) is 18.2 Å². The lowest BCUT2D eigenvalue weighted by atomic mass is 10.0. The smallest absolute Gasteiger partial charge is 0.165 e. The van der Waals surface area contributed by atoms with E-state index in [4.69, 9.17) is 9.47 Å². The fourth-order valence-electron chi connectivity index (χ4n) is 2.37. The number of halogens is 1. The zero-order valence-corrected chi connectivity index (χ0v) is 12.2. The van der Waals surface area contributed by atoms with Crippen LogP contribution in [0.4, 0.5) is 4.39 Å². The van der Waals surface area contributed by atoms with E-state index in [0.29, 0.717) is 24.8 Å². The third kappa shape index (κ3) is 4.46. The molecule has 1 aromatic carbocycles. The van der Waals surface area contributed by atoms with Crippen molar-refractivity contribution in [1.29, 1.82) is 0 Å². The molecule has 1 aliphatic rings. The standard InChI is InChI=1S/C16H24FNO2/c1-2-8-18-11-14-4-3-5-15(17)16(14)20-12-13-6-9-19-10-7-13/h3-5,13,18H,2,6-12H2,1H3. The van der Waals surface area contributed by atoms with Gasteiger partial charge in [0.15, 0.2) is 11.6 Å². The molecule has 1 aliphatic heterocycles. The summed E-state index contributed by atoms with van der Waals surface area (Å²) in [5.74, 6) is 0.607. The number of rotatable bonds is 7. The highest BCUT2D eigenvalue weighted by Crippen LogP contribution is 2.25. The maximum Gasteiger partial charge on any atom is 0.165 e. The van der Waals surface area contributed by atoms with E-state index in [-0.39, 0.29) is 5.82 Å². The van der Waals surface area contributed by atoms with Crippen molar-refractivity contribution in [2.45, 2.75) is 32.7 Å². The molecule has 0 atom stereocenters. The fraction of sp³-hybridized carbons (Fsp3) is 0.625. The van der Waals surface area contributed by atoms with Crippen LogP contribution in [0, 0.1) is 11.7 Å². The molecule has 2 rings (SSSR count). The van der Waals surface area contributed by atoms with Gasteiger partial charge >= 0.3 is 0 Å². The van der Waals surface area contributed by atoms with Gasteiger partial charge in [0.1, 0.15) is 0 Å². The van der Waals surface area contributed by atoms with Crippen molar-refractivity contribution in [3.05, 3.63) is 29.6 Å². The van der Waals surface area contributed by atoms with Crippen LogP contribution in [-0.4, -0.2) is 26.4 Å². The van der Waals surface area contributed by atoms with E-state index >= 15 is 0 Å². The Morgan fingerprint density at radius 2 is 2.15 bits per heavy atom. The molecule has 0 aromatic heterocycles. The minimum absolute atomic E-state index is 0.271. The number of nitrogens with one attached hydrogen (secondary N) is 1. The molecule has 0 spiro atoms. The molecule has 1 saturated heterocycles. The van der Waals surface area contributed by atoms with E-state index < -0.39 is 0 Å². The van der Waals surface area contributed by atoms with E-state index in [1.807, 2.05) is 6.07 Å². The van der Waals surface area contributed by atoms with Gasteiger partial charge in [0.25, 0.3) is 0 Å². The maximum absolute atomic E-state index is 13.9. The Bertz CT molecular complexity index is 405. The van der Waals surface area contributed by atoms with Gasteiger partial charge in [0, 0.05) is 25.3 Å². The number of benzene rings is 1. The van der Waals surface area contributed by atoms with Crippen LogP contribution < -0.4 is 10.1 Å². The lowest BCUT2D eigenvalue weighted by Crippen LogP contribution is -2.22. The van der Waals surface area contributed by atoms with E-state index in [0.717, 1.165) is 44.6 Å². The number of ether oxygens (including phenoxy) is 2. The quantitative estimate of drug-likeness (QED) is 0.779. The molecule has 1 heterocycles. The summed E-state index contributed by atoms with van der Waals surface area (Å²) in [6, 6.07) is 5.12. The zero-order chi connectivity index (χ0) is 14.2. The summed E-state index contributed by atoms with van der Waals surface area (Å²) in [5.41, 5.74) is 0.894. The van der Waals surface area contributed by atoms with Crippen molar-refractivity contribution in [1.82, 2.24) is 5.32 Å². The molecule has 0 amide bonds. The Balaban J connectivity index is 1.93. The molecule has 0 unspecified atom stereocenters. The maximum atomic E-state index is 13.9. The monoisotopic (exact) mass is 281 g/mol. The molecule has 20 heavy (non-hydrogen) atoms. The number of hydrogen-bond acceptors (Lipinski definition) is 3. The predicted octanol–water partition coefficient (Wildman–Crippen LogP) is 3.13. The summed E-state index contributed by atoms with van der Waals surface area (Å²) in [7, 11) is 0. The minimum atomic E-state index is -0.271. The van der Waals surface area contributed by atoms with Gasteiger partial charge in [-0.15, -0.1) is 0 Å². The Kier molecular flexibility index (Phi) is 6.27. The van der Waals surface area contributed by atoms with Crippen LogP contribution >= 0.6 is 0 Å². The third-order valence-corrected chi connectivity index (χ3v) is 3.60. The normalized spacial score (nSPS) is 16.3. The van der Waals surface area contributed by atoms with Crippen molar-refractivity contribution < 1.29 is 13.9 Å². The molecular formula is C16H24FNO2. The van der Waals surface area contributed by atoms with Crippen molar-refractivity contribution in [3.63, 3.8) is 0 Å². The summed E-state index contributed by atoms with van der Waals surface area (Å²) in [6.07, 6.45) is 3.06. The van der Waals surface area contributed by atoms with Crippen LogP contribution in [-0.2, 0) is 11.3 Å². The van der Waals surface area contributed by atoms with Gasteiger partial charge in [0.2, 0.25) is 0 Å². The van der Waals surface area contributed by atoms with Gasteiger partial charge in [-0.2, -0.15) is 0 Å². The molecule has 112 valence electrons. The lowest BCUT2D eigenvalue weighted by molar-refractivity contribution is 0.0490. The molecule has 0 saturated carbocycles. The first-order valence-corrected chi connectivity index (χ1v) is 7.50. The first-order valence-electron chi connectivity index (χ1n) is 7.50. The van der Waals surface area contributed by atoms with Gasteiger partial charge in [-0.1, -0.05) is 19.1 Å². The highest BCUT2D eigenvalue weighted by atomic mass is 19.1. The summed E-state index contributed by atoms with van der Waals surface area (Å²) in [6.45, 7) is 5.84. The molecule has 1 N–H and O–H groups in total. The first kappa shape index (κ1) is 15.3. The Labute approximate surface area is 120 Å². The molecule has 4 heteroatoms. The second kappa shape index (κ2) is 8.22. The molecule has 1 fully saturated rings. The largest absolute Gasteiger partial charge is 0.490 e. The average Bonchev–Trinajstić information content (AvgIpc) is 2.48. The highest BCUT2D eigenvalue weighted by Gasteiger charge is 2.16. The molecule has 0 aliphatic carbocycles. The van der Waals surface area contributed by atoms with Gasteiger partial charge < -0.3 is 14.8 Å². The third-order valence-electron chi connectivity index (χ3n) is 3.60. The van der Waals surface area contributed by atoms with Crippen LogP contribution in [0.25, 0.3) is 0 Å². The first-order chi connectivity index (χ1) is 9.81. The van der Waals surface area contributed by atoms with Crippen molar-refractivity contribution in [2.75, 3.05) is 26.4 Å². The molecular weight excluding hydrogens is 257 g/mol. The molecule has 3 nitrogen and oxygen atoms in total. The SMILES string of the molecule is CCCNCc1cccc(F)c1OCC1CCOCC1. The summed E-state index contributed by atoms with van der Waals surface area (Å²) >= 11 is 0. The second-order valence-electron chi connectivity index (χ2n) is 5.27. The van der Waals surface area contributed by atoms with Gasteiger partial charge in [-0.05, 0) is 37.8 Å². The summed E-state index contributed by atoms with van der Waals surface area (Å²) in [5, 5.41) is 3.29. The highest BCUT2D eigenvalue weighted by molar-refractivity contribution is 5.34. The van der Waals surface area contributed by atoms with Gasteiger partial charge in [-0.3, -0.25) is 0 Å². The van der Waals surface area contributed by atoms with Crippen molar-refractivity contribution in [3.8, 4) is 5.75 Å². The second-order valence-corrected chi connectivity index (χ2v) is 5.27. The van der Waals surface area contributed by atoms with Crippen LogP contribution in [0.5, 0.6) is 5.75 Å². The Morgan fingerprint density at radius 3 is 2.90 bits per heavy atom. The molecule has 0 bridgehead atoms. The van der Waals surface area contributed by atoms with E-state index in [9.17, 15) is 4.39 Å². The molecule has 1 aromatic rings. The van der Waals surface area contributed by atoms with Crippen molar-refractivity contribution in [2.24, 2.45) is 5.92 Å². The Morgan fingerprint density at radius 1 is 1.35 bits per heavy atom. The van der Waals surface area contributed by atoms with Gasteiger partial charge in [-0.25, -0.2) is 4.39 Å². The fourth-order valence-corrected chi connectivity index (χ4v) is 2.37. The predicted molar refractivity (Wildman–Crippen MR) is 77.4 cm³/mol. The van der Waals surface area contributed by atoms with E-state index in [1.54, 1.807) is 6.07 Å². The van der Waals surface area contributed by atoms with Crippen molar-refractivity contribution >= 4 is 0 Å². The topological polar surface area (TPSA) is 30.5 Å². The van der Waals surface area contributed by atoms with E-state index in [2.05, 4.69) is 12.2 Å². The van der Waals surface area contributed by atoms with E-state index in [1.165, 1.54) is 6.07 Å². The Hall–Kier alpha value is -1.13. The number of para-hydroxylation sites is 1. The summed E-state index contributed by atoms with van der Waals surface area (Å²) < 4.78 is 25.0. The zero-order valence-electron chi connectivity index (χ0n) is 12.2. The number of hydrogen-bond donors (Lipinski definition) is 1. The van der Waals surface area contributed by atoms with Crippen LogP contribution in [0.3, 0.4) is 0 Å². The van der Waals surface area contributed by atoms with Crippen LogP contribution in [0.1, 0.15) is 31.7 Å². The summed E-state index contributed by atoms with van der Waals surface area (Å²) in [4.78, 5) is 0.